The summed E-state index contributed by atoms with van der Waals surface area (Å²) in [5, 5.41) is 0. The summed E-state index contributed by atoms with van der Waals surface area (Å²) in [6.45, 7) is -0.648. The first-order valence-corrected chi connectivity index (χ1v) is 12.0. The van der Waals surface area contributed by atoms with Gasteiger partial charge in [-0.2, -0.15) is 0 Å². The summed E-state index contributed by atoms with van der Waals surface area (Å²) in [5.41, 5.74) is 0. The van der Waals surface area contributed by atoms with Crippen LogP contribution in [-0.2, 0) is 11.8 Å². The lowest BCUT2D eigenvalue weighted by Crippen LogP contribution is -1.88. The second kappa shape index (κ2) is 15.5. The molecule has 0 aliphatic heterocycles. The Bertz CT molecular complexity index is 253. The number of hydrogen-bond acceptors (Lipinski definition) is 1. The molecule has 0 aliphatic rings. The molecule has 2 N–H and O–H groups in total. The van der Waals surface area contributed by atoms with E-state index in [1.807, 2.05) is 0 Å². The minimum absolute atomic E-state index is 0.431. The monoisotopic (exact) mass is 336 g/mol. The summed E-state index contributed by atoms with van der Waals surface area (Å²) >= 11 is 4.61. The Kier molecular flexibility index (Phi) is 15.9. The van der Waals surface area contributed by atoms with Gasteiger partial charge in [0.15, 0.2) is 6.49 Å². The molecule has 0 saturated carbocycles. The van der Waals surface area contributed by atoms with Gasteiger partial charge >= 0.3 is 0 Å². The molecule has 0 fully saturated rings. The van der Waals surface area contributed by atoms with Crippen molar-refractivity contribution in [1.82, 2.24) is 0 Å². The van der Waals surface area contributed by atoms with Gasteiger partial charge in [0.05, 0.1) is 0 Å². The maximum absolute atomic E-state index is 9.10. The largest absolute Gasteiger partial charge is 0.345 e. The van der Waals surface area contributed by atoms with E-state index in [4.69, 9.17) is 9.79 Å². The van der Waals surface area contributed by atoms with Crippen LogP contribution < -0.4 is 0 Å². The fourth-order valence-corrected chi connectivity index (χ4v) is 3.71. The first-order valence-electron chi connectivity index (χ1n) is 9.11. The van der Waals surface area contributed by atoms with Crippen LogP contribution in [0.3, 0.4) is 0 Å². The van der Waals surface area contributed by atoms with E-state index in [-0.39, 0.29) is 0 Å². The fourth-order valence-electron chi connectivity index (χ4n) is 2.69. The van der Waals surface area contributed by atoms with Gasteiger partial charge in [0.1, 0.15) is 0 Å². The summed E-state index contributed by atoms with van der Waals surface area (Å²) in [6.07, 6.45) is 20.3. The second-order valence-electron chi connectivity index (χ2n) is 6.34. The van der Waals surface area contributed by atoms with Crippen molar-refractivity contribution >= 4 is 18.3 Å². The molecule has 0 aromatic carbocycles. The maximum atomic E-state index is 9.10. The lowest BCUT2D eigenvalue weighted by Gasteiger charge is -2.06. The highest BCUT2D eigenvalue weighted by Crippen LogP contribution is 2.36. The van der Waals surface area contributed by atoms with Crippen LogP contribution >= 0.6 is 6.49 Å². The van der Waals surface area contributed by atoms with Gasteiger partial charge < -0.3 is 9.79 Å². The normalized spacial score (nSPS) is 12.0. The molecule has 0 rings (SSSR count). The maximum Gasteiger partial charge on any atom is 0.183 e. The SMILES string of the molecule is CCCCCCCCCCCCCCCCCP(O)(O)=S. The van der Waals surface area contributed by atoms with Gasteiger partial charge in [-0.15, -0.1) is 0 Å². The van der Waals surface area contributed by atoms with Crippen molar-refractivity contribution in [2.45, 2.75) is 103 Å². The van der Waals surface area contributed by atoms with E-state index in [1.54, 1.807) is 0 Å². The van der Waals surface area contributed by atoms with E-state index >= 15 is 0 Å². The van der Waals surface area contributed by atoms with Gasteiger partial charge in [-0.1, -0.05) is 96.8 Å². The van der Waals surface area contributed by atoms with Crippen molar-refractivity contribution in [2.75, 3.05) is 6.16 Å². The molecule has 21 heavy (non-hydrogen) atoms. The topological polar surface area (TPSA) is 40.5 Å². The van der Waals surface area contributed by atoms with Gasteiger partial charge in [-0.05, 0) is 18.2 Å². The smallest absolute Gasteiger partial charge is 0.183 e. The van der Waals surface area contributed by atoms with Gasteiger partial charge in [0, 0.05) is 6.16 Å². The van der Waals surface area contributed by atoms with Gasteiger partial charge in [0.25, 0.3) is 0 Å². The Balaban J connectivity index is 3.01. The first kappa shape index (κ1) is 21.6. The molecular formula is C17H37O2PS. The molecule has 0 heterocycles. The van der Waals surface area contributed by atoms with Crippen LogP contribution in [0.2, 0.25) is 0 Å². The molecule has 0 aromatic heterocycles. The molecule has 0 aromatic rings. The van der Waals surface area contributed by atoms with E-state index in [2.05, 4.69) is 18.7 Å². The molecule has 0 atom stereocenters. The molecule has 2 nitrogen and oxygen atoms in total. The zero-order chi connectivity index (χ0) is 15.8. The Morgan fingerprint density at radius 2 is 0.857 bits per heavy atom. The Morgan fingerprint density at radius 1 is 0.571 bits per heavy atom. The molecule has 0 spiro atoms. The van der Waals surface area contributed by atoms with Gasteiger partial charge in [0.2, 0.25) is 0 Å². The van der Waals surface area contributed by atoms with Crippen molar-refractivity contribution in [3.8, 4) is 0 Å². The van der Waals surface area contributed by atoms with E-state index in [0.29, 0.717) is 6.16 Å². The fraction of sp³-hybridized carbons (Fsp3) is 1.00. The number of rotatable bonds is 16. The lowest BCUT2D eigenvalue weighted by atomic mass is 10.0. The highest BCUT2D eigenvalue weighted by molar-refractivity contribution is 8.09. The second-order valence-corrected chi connectivity index (χ2v) is 9.87. The lowest BCUT2D eigenvalue weighted by molar-refractivity contribution is 0.473. The van der Waals surface area contributed by atoms with Crippen LogP contribution in [-0.4, -0.2) is 15.9 Å². The standard InChI is InChI=1S/C17H37O2PS/c1-2-3-4-5-6-7-8-9-10-11-12-13-14-15-16-17-20(18,19)21/h2-17H2,1H3,(H2,18,19,21). The minimum Gasteiger partial charge on any atom is -0.345 e. The Morgan fingerprint density at radius 3 is 1.14 bits per heavy atom. The summed E-state index contributed by atoms with van der Waals surface area (Å²) in [6, 6.07) is 0. The summed E-state index contributed by atoms with van der Waals surface area (Å²) in [4.78, 5) is 18.2. The van der Waals surface area contributed by atoms with Gasteiger partial charge in [-0.25, -0.2) is 0 Å². The molecular weight excluding hydrogens is 299 g/mol. The summed E-state index contributed by atoms with van der Waals surface area (Å²) < 4.78 is 0. The van der Waals surface area contributed by atoms with Crippen molar-refractivity contribution in [2.24, 2.45) is 0 Å². The molecule has 4 heteroatoms. The quantitative estimate of drug-likeness (QED) is 0.262. The molecule has 0 bridgehead atoms. The third-order valence-electron chi connectivity index (χ3n) is 4.05. The van der Waals surface area contributed by atoms with Crippen LogP contribution in [0, 0.1) is 0 Å². The highest BCUT2D eigenvalue weighted by atomic mass is 32.5. The first-order chi connectivity index (χ1) is 10.1. The van der Waals surface area contributed by atoms with Crippen LogP contribution in [0.4, 0.5) is 0 Å². The minimum atomic E-state index is -2.92. The third kappa shape index (κ3) is 20.6. The van der Waals surface area contributed by atoms with E-state index < -0.39 is 6.49 Å². The number of hydrogen-bond donors (Lipinski definition) is 2. The third-order valence-corrected chi connectivity index (χ3v) is 5.50. The van der Waals surface area contributed by atoms with Crippen molar-refractivity contribution in [3.63, 3.8) is 0 Å². The average molecular weight is 337 g/mol. The van der Waals surface area contributed by atoms with Crippen LogP contribution in [0.15, 0.2) is 0 Å². The van der Waals surface area contributed by atoms with Crippen LogP contribution in [0.5, 0.6) is 0 Å². The molecule has 0 unspecified atom stereocenters. The van der Waals surface area contributed by atoms with Crippen molar-refractivity contribution in [3.05, 3.63) is 0 Å². The van der Waals surface area contributed by atoms with E-state index in [0.717, 1.165) is 12.8 Å². The number of unbranched alkanes of at least 4 members (excludes halogenated alkanes) is 14. The van der Waals surface area contributed by atoms with Gasteiger partial charge in [-0.3, -0.25) is 0 Å². The predicted molar refractivity (Wildman–Crippen MR) is 98.5 cm³/mol. The molecule has 0 aliphatic carbocycles. The molecule has 128 valence electrons. The zero-order valence-electron chi connectivity index (χ0n) is 14.1. The Hall–Kier alpha value is 0.570. The predicted octanol–water partition coefficient (Wildman–Crippen LogP) is 6.15. The average Bonchev–Trinajstić information content (AvgIpc) is 2.42. The summed E-state index contributed by atoms with van der Waals surface area (Å²) in [5.74, 6) is 0. The molecule has 0 amide bonds. The molecule has 0 radical (unpaired) electrons. The molecule has 0 saturated heterocycles. The summed E-state index contributed by atoms with van der Waals surface area (Å²) in [7, 11) is 0. The Labute approximate surface area is 137 Å². The van der Waals surface area contributed by atoms with E-state index in [1.165, 1.54) is 83.5 Å². The van der Waals surface area contributed by atoms with Crippen LogP contribution in [0.1, 0.15) is 103 Å². The van der Waals surface area contributed by atoms with Crippen LogP contribution in [0.25, 0.3) is 0 Å². The highest BCUT2D eigenvalue weighted by Gasteiger charge is 2.05. The van der Waals surface area contributed by atoms with E-state index in [9.17, 15) is 0 Å². The van der Waals surface area contributed by atoms with Crippen molar-refractivity contribution < 1.29 is 9.79 Å². The van der Waals surface area contributed by atoms with Crippen molar-refractivity contribution in [1.29, 1.82) is 0 Å². The zero-order valence-corrected chi connectivity index (χ0v) is 15.8.